The Hall–Kier alpha value is -0.960. The molecule has 0 fully saturated rings. The summed E-state index contributed by atoms with van der Waals surface area (Å²) >= 11 is 3.37. The molecule has 0 aliphatic rings. The first-order chi connectivity index (χ1) is 6.65. The summed E-state index contributed by atoms with van der Waals surface area (Å²) in [5, 5.41) is 0.979. The largest absolute Gasteiger partial charge is 0.397 e. The minimum atomic E-state index is 0.656. The number of aryl methyl sites for hydroxylation is 1. The van der Waals surface area contributed by atoms with Crippen LogP contribution >= 0.6 is 15.9 Å². The van der Waals surface area contributed by atoms with E-state index in [-0.39, 0.29) is 0 Å². The molecule has 1 aromatic rings. The summed E-state index contributed by atoms with van der Waals surface area (Å²) in [4.78, 5) is 0. The number of nitrogens with two attached hydrogens (primary N) is 2. The van der Waals surface area contributed by atoms with Gasteiger partial charge in [-0.25, -0.2) is 0 Å². The molecule has 0 heterocycles. The lowest BCUT2D eigenvalue weighted by Crippen LogP contribution is -1.97. The Morgan fingerprint density at radius 2 is 2.07 bits per heavy atom. The maximum absolute atomic E-state index is 5.76. The maximum Gasteiger partial charge on any atom is 0.0577 e. The van der Waals surface area contributed by atoms with Gasteiger partial charge in [-0.2, -0.15) is 0 Å². The third-order valence-corrected chi connectivity index (χ3v) is 2.49. The van der Waals surface area contributed by atoms with E-state index < -0.39 is 0 Å². The monoisotopic (exact) mass is 254 g/mol. The molecule has 0 atom stereocenters. The Morgan fingerprint density at radius 1 is 1.36 bits per heavy atom. The summed E-state index contributed by atoms with van der Waals surface area (Å²) in [5.74, 6) is 0. The first-order valence-electron chi connectivity index (χ1n) is 4.53. The van der Waals surface area contributed by atoms with E-state index in [0.717, 1.165) is 22.9 Å². The fraction of sp³-hybridized carbons (Fsp3) is 0.273. The van der Waals surface area contributed by atoms with Gasteiger partial charge in [-0.1, -0.05) is 28.1 Å². The molecule has 0 amide bonds. The molecule has 2 nitrogen and oxygen atoms in total. The minimum absolute atomic E-state index is 0.656. The number of halogens is 1. The van der Waals surface area contributed by atoms with Crippen molar-refractivity contribution < 1.29 is 0 Å². The van der Waals surface area contributed by atoms with E-state index >= 15 is 0 Å². The highest BCUT2D eigenvalue weighted by Crippen LogP contribution is 2.22. The molecule has 14 heavy (non-hydrogen) atoms. The van der Waals surface area contributed by atoms with Crippen molar-refractivity contribution in [2.24, 2.45) is 0 Å². The van der Waals surface area contributed by atoms with Crippen LogP contribution in [0.3, 0.4) is 0 Å². The Morgan fingerprint density at radius 3 is 2.64 bits per heavy atom. The number of anilines is 2. The van der Waals surface area contributed by atoms with E-state index in [1.807, 2.05) is 19.1 Å². The number of nitrogen functional groups attached to an aromatic ring is 2. The van der Waals surface area contributed by atoms with Crippen molar-refractivity contribution in [1.82, 2.24) is 0 Å². The van der Waals surface area contributed by atoms with Crippen molar-refractivity contribution in [1.29, 1.82) is 0 Å². The van der Waals surface area contributed by atoms with Crippen LogP contribution in [0.5, 0.6) is 0 Å². The Labute approximate surface area is 93.1 Å². The van der Waals surface area contributed by atoms with Crippen LogP contribution in [-0.2, 0) is 0 Å². The zero-order chi connectivity index (χ0) is 10.6. The molecule has 3 heteroatoms. The molecule has 4 N–H and O–H groups in total. The van der Waals surface area contributed by atoms with Crippen molar-refractivity contribution >= 4 is 33.4 Å². The van der Waals surface area contributed by atoms with Crippen LogP contribution in [0, 0.1) is 6.92 Å². The van der Waals surface area contributed by atoms with Crippen LogP contribution in [0.25, 0.3) is 6.08 Å². The summed E-state index contributed by atoms with van der Waals surface area (Å²) in [5.41, 5.74) is 15.0. The second-order valence-electron chi connectivity index (χ2n) is 3.22. The standard InChI is InChI=1S/C11H15BrN2/c1-8-6-9(4-2-3-5-12)7-10(13)11(8)14/h2,4,6-7H,3,5,13-14H2,1H3. The smallest absolute Gasteiger partial charge is 0.0577 e. The quantitative estimate of drug-likeness (QED) is 0.644. The fourth-order valence-corrected chi connectivity index (χ4v) is 1.50. The zero-order valence-electron chi connectivity index (χ0n) is 8.26. The topological polar surface area (TPSA) is 52.0 Å². The van der Waals surface area contributed by atoms with E-state index in [0.29, 0.717) is 11.4 Å². The van der Waals surface area contributed by atoms with Gasteiger partial charge in [0.25, 0.3) is 0 Å². The molecule has 0 aromatic heterocycles. The average molecular weight is 255 g/mol. The summed E-state index contributed by atoms with van der Waals surface area (Å²) in [6, 6.07) is 3.93. The van der Waals surface area contributed by atoms with Crippen LogP contribution in [0.15, 0.2) is 18.2 Å². The summed E-state index contributed by atoms with van der Waals surface area (Å²) in [7, 11) is 0. The van der Waals surface area contributed by atoms with Crippen molar-refractivity contribution in [3.63, 3.8) is 0 Å². The van der Waals surface area contributed by atoms with Gasteiger partial charge in [0.05, 0.1) is 11.4 Å². The predicted octanol–water partition coefficient (Wildman–Crippen LogP) is 2.96. The summed E-state index contributed by atoms with van der Waals surface area (Å²) in [6.07, 6.45) is 5.19. The van der Waals surface area contributed by atoms with Gasteiger partial charge in [-0.15, -0.1) is 0 Å². The van der Waals surface area contributed by atoms with Crippen molar-refractivity contribution in [3.05, 3.63) is 29.3 Å². The number of hydrogen-bond acceptors (Lipinski definition) is 2. The third kappa shape index (κ3) is 2.77. The van der Waals surface area contributed by atoms with Gasteiger partial charge in [0.1, 0.15) is 0 Å². The van der Waals surface area contributed by atoms with Gasteiger partial charge in [0.2, 0.25) is 0 Å². The number of rotatable bonds is 3. The lowest BCUT2D eigenvalue weighted by molar-refractivity contribution is 1.27. The second kappa shape index (κ2) is 5.05. The molecule has 1 aromatic carbocycles. The summed E-state index contributed by atoms with van der Waals surface area (Å²) in [6.45, 7) is 1.97. The van der Waals surface area contributed by atoms with Gasteiger partial charge < -0.3 is 11.5 Å². The van der Waals surface area contributed by atoms with E-state index in [4.69, 9.17) is 11.5 Å². The molecular weight excluding hydrogens is 240 g/mol. The third-order valence-electron chi connectivity index (χ3n) is 2.03. The maximum atomic E-state index is 5.76. The van der Waals surface area contributed by atoms with Gasteiger partial charge >= 0.3 is 0 Å². The molecule has 0 saturated carbocycles. The number of allylic oxidation sites excluding steroid dienone is 1. The average Bonchev–Trinajstić information content (AvgIpc) is 2.14. The molecular formula is C11H15BrN2. The highest BCUT2D eigenvalue weighted by Gasteiger charge is 1.99. The molecule has 0 aliphatic heterocycles. The molecule has 0 radical (unpaired) electrons. The number of hydrogen-bond donors (Lipinski definition) is 2. The van der Waals surface area contributed by atoms with Gasteiger partial charge in [0, 0.05) is 5.33 Å². The van der Waals surface area contributed by atoms with Crippen molar-refractivity contribution in [2.75, 3.05) is 16.8 Å². The Bertz CT molecular complexity index is 322. The van der Waals surface area contributed by atoms with Gasteiger partial charge in [0.15, 0.2) is 0 Å². The Kier molecular flexibility index (Phi) is 4.01. The molecule has 0 unspecified atom stereocenters. The highest BCUT2D eigenvalue weighted by atomic mass is 79.9. The highest BCUT2D eigenvalue weighted by molar-refractivity contribution is 9.09. The van der Waals surface area contributed by atoms with Crippen LogP contribution in [0.2, 0.25) is 0 Å². The minimum Gasteiger partial charge on any atom is -0.397 e. The normalized spacial score (nSPS) is 11.0. The number of benzene rings is 1. The lowest BCUT2D eigenvalue weighted by Gasteiger charge is -2.05. The first kappa shape index (κ1) is 11.1. The SMILES string of the molecule is Cc1cc(C=CCCBr)cc(N)c1N. The second-order valence-corrected chi connectivity index (χ2v) is 4.01. The van der Waals surface area contributed by atoms with Crippen molar-refractivity contribution in [3.8, 4) is 0 Å². The van der Waals surface area contributed by atoms with Crippen molar-refractivity contribution in [2.45, 2.75) is 13.3 Å². The van der Waals surface area contributed by atoms with Gasteiger partial charge in [-0.05, 0) is 36.6 Å². The first-order valence-corrected chi connectivity index (χ1v) is 5.65. The fourth-order valence-electron chi connectivity index (χ4n) is 1.23. The van der Waals surface area contributed by atoms with Crippen LogP contribution in [0.4, 0.5) is 11.4 Å². The molecule has 0 aliphatic carbocycles. The van der Waals surface area contributed by atoms with E-state index in [1.165, 1.54) is 0 Å². The van der Waals surface area contributed by atoms with Crippen LogP contribution in [0.1, 0.15) is 17.5 Å². The molecule has 0 saturated heterocycles. The van der Waals surface area contributed by atoms with E-state index in [1.54, 1.807) is 0 Å². The molecule has 0 spiro atoms. The number of alkyl halides is 1. The molecule has 76 valence electrons. The van der Waals surface area contributed by atoms with Crippen LogP contribution in [-0.4, -0.2) is 5.33 Å². The zero-order valence-corrected chi connectivity index (χ0v) is 9.84. The lowest BCUT2D eigenvalue weighted by atomic mass is 10.1. The van der Waals surface area contributed by atoms with E-state index in [2.05, 4.69) is 28.1 Å². The molecule has 0 bridgehead atoms. The van der Waals surface area contributed by atoms with E-state index in [9.17, 15) is 0 Å². The predicted molar refractivity (Wildman–Crippen MR) is 67.4 cm³/mol. The van der Waals surface area contributed by atoms with Gasteiger partial charge in [-0.3, -0.25) is 0 Å². The summed E-state index contributed by atoms with van der Waals surface area (Å²) < 4.78 is 0. The Balaban J connectivity index is 2.89. The molecule has 1 rings (SSSR count). The van der Waals surface area contributed by atoms with Crippen LogP contribution < -0.4 is 11.5 Å².